The number of anilines is 1. The van der Waals surface area contributed by atoms with Gasteiger partial charge >= 0.3 is 0 Å². The van der Waals surface area contributed by atoms with Crippen LogP contribution < -0.4 is 15.4 Å². The third-order valence-corrected chi connectivity index (χ3v) is 6.22. The zero-order valence-electron chi connectivity index (χ0n) is 18.1. The van der Waals surface area contributed by atoms with E-state index in [1.807, 2.05) is 0 Å². The number of hydrogen-bond acceptors (Lipinski definition) is 8. The van der Waals surface area contributed by atoms with Gasteiger partial charge in [0.1, 0.15) is 10.8 Å². The molecule has 168 valence electrons. The third-order valence-electron chi connectivity index (χ3n) is 5.24. The molecule has 1 saturated heterocycles. The lowest BCUT2D eigenvalue weighted by Crippen LogP contribution is -2.48. The number of hydrogen-bond donors (Lipinski definition) is 2. The molecule has 31 heavy (non-hydrogen) atoms. The number of likely N-dealkylation sites (N-methyl/N-ethyl adjacent to an activating group) is 1. The van der Waals surface area contributed by atoms with Crippen molar-refractivity contribution in [1.29, 1.82) is 0 Å². The maximum absolute atomic E-state index is 12.3. The number of nitrogens with zero attached hydrogens (tertiary/aromatic N) is 4. The lowest BCUT2D eigenvalue weighted by Gasteiger charge is -2.33. The Morgan fingerprint density at radius 3 is 2.48 bits per heavy atom. The van der Waals surface area contributed by atoms with Crippen molar-refractivity contribution in [3.05, 3.63) is 34.3 Å². The van der Waals surface area contributed by atoms with Crippen LogP contribution in [-0.2, 0) is 11.2 Å². The van der Waals surface area contributed by atoms with E-state index < -0.39 is 0 Å². The molecule has 0 aliphatic carbocycles. The van der Waals surface area contributed by atoms with E-state index in [4.69, 9.17) is 4.74 Å². The van der Waals surface area contributed by atoms with Crippen molar-refractivity contribution >= 4 is 28.8 Å². The minimum Gasteiger partial charge on any atom is -0.497 e. The summed E-state index contributed by atoms with van der Waals surface area (Å²) in [6.45, 7) is 9.09. The molecule has 1 aromatic heterocycles. The van der Waals surface area contributed by atoms with Gasteiger partial charge < -0.3 is 20.3 Å². The van der Waals surface area contributed by atoms with Crippen LogP contribution in [0.1, 0.15) is 28.2 Å². The predicted octanol–water partition coefficient (Wildman–Crippen LogP) is 1.49. The highest BCUT2D eigenvalue weighted by Crippen LogP contribution is 2.17. The Morgan fingerprint density at radius 2 is 1.81 bits per heavy atom. The first-order valence-electron chi connectivity index (χ1n) is 10.6. The van der Waals surface area contributed by atoms with Crippen LogP contribution in [0.3, 0.4) is 0 Å². The van der Waals surface area contributed by atoms with Gasteiger partial charge in [-0.25, -0.2) is 0 Å². The van der Waals surface area contributed by atoms with Gasteiger partial charge in [0.15, 0.2) is 0 Å². The molecule has 10 heteroatoms. The van der Waals surface area contributed by atoms with E-state index in [-0.39, 0.29) is 16.8 Å². The second-order valence-corrected chi connectivity index (χ2v) is 8.37. The Bertz CT molecular complexity index is 849. The minimum atomic E-state index is -0.318. The van der Waals surface area contributed by atoms with Gasteiger partial charge in [-0.1, -0.05) is 18.3 Å². The molecular weight excluding hydrogens is 416 g/mol. The smallest absolute Gasteiger partial charge is 0.286 e. The summed E-state index contributed by atoms with van der Waals surface area (Å²) in [7, 11) is 1.59. The number of amides is 2. The maximum Gasteiger partial charge on any atom is 0.286 e. The van der Waals surface area contributed by atoms with Gasteiger partial charge in [-0.2, -0.15) is 0 Å². The molecule has 2 aromatic rings. The quantitative estimate of drug-likeness (QED) is 0.570. The fraction of sp³-hybridized carbons (Fsp3) is 0.524. The van der Waals surface area contributed by atoms with Crippen molar-refractivity contribution in [2.24, 2.45) is 0 Å². The molecule has 0 unspecified atom stereocenters. The van der Waals surface area contributed by atoms with Gasteiger partial charge in [0, 0.05) is 57.8 Å². The van der Waals surface area contributed by atoms with Crippen molar-refractivity contribution in [2.75, 3.05) is 58.2 Å². The Kier molecular flexibility index (Phi) is 8.74. The van der Waals surface area contributed by atoms with Crippen LogP contribution in [0.4, 0.5) is 5.69 Å². The van der Waals surface area contributed by atoms with Crippen molar-refractivity contribution in [3.63, 3.8) is 0 Å². The molecule has 0 radical (unpaired) electrons. The fourth-order valence-corrected chi connectivity index (χ4v) is 4.03. The number of aryl methyl sites for hydroxylation is 1. The second kappa shape index (κ2) is 11.7. The lowest BCUT2D eigenvalue weighted by atomic mass is 10.3. The highest BCUT2D eigenvalue weighted by atomic mass is 32.1. The molecule has 0 atom stereocenters. The fourth-order valence-electron chi connectivity index (χ4n) is 3.30. The lowest BCUT2D eigenvalue weighted by molar-refractivity contribution is -0.121. The zero-order valence-corrected chi connectivity index (χ0v) is 18.9. The third kappa shape index (κ3) is 7.27. The number of piperazine rings is 1. The SMILES string of the molecule is CCN1CCN(CCNC(=O)CCc2nnc(C(=O)Nc3ccc(OC)cc3)s2)CC1. The molecule has 0 spiro atoms. The molecule has 0 saturated carbocycles. The summed E-state index contributed by atoms with van der Waals surface area (Å²) in [6, 6.07) is 7.05. The van der Waals surface area contributed by atoms with Crippen LogP contribution in [0.25, 0.3) is 0 Å². The normalized spacial score (nSPS) is 14.9. The number of carbonyl (C=O) groups excluding carboxylic acids is 2. The largest absolute Gasteiger partial charge is 0.497 e. The highest BCUT2D eigenvalue weighted by Gasteiger charge is 2.16. The van der Waals surface area contributed by atoms with Crippen LogP contribution in [0, 0.1) is 0 Å². The molecule has 1 aliphatic rings. The summed E-state index contributed by atoms with van der Waals surface area (Å²) in [6.07, 6.45) is 0.798. The van der Waals surface area contributed by atoms with E-state index >= 15 is 0 Å². The molecule has 1 aliphatic heterocycles. The first-order valence-corrected chi connectivity index (χ1v) is 11.4. The van der Waals surface area contributed by atoms with E-state index in [0.29, 0.717) is 35.8 Å². The summed E-state index contributed by atoms with van der Waals surface area (Å²) in [5.74, 6) is 0.390. The summed E-state index contributed by atoms with van der Waals surface area (Å²) >= 11 is 1.21. The van der Waals surface area contributed by atoms with Crippen molar-refractivity contribution in [3.8, 4) is 5.75 Å². The van der Waals surface area contributed by atoms with Crippen LogP contribution in [0.2, 0.25) is 0 Å². The topological polar surface area (TPSA) is 99.7 Å². The summed E-state index contributed by atoms with van der Waals surface area (Å²) in [4.78, 5) is 29.3. The molecule has 0 bridgehead atoms. The van der Waals surface area contributed by atoms with Crippen LogP contribution in [0.5, 0.6) is 5.75 Å². The first-order chi connectivity index (χ1) is 15.1. The summed E-state index contributed by atoms with van der Waals surface area (Å²) in [5.41, 5.74) is 0.651. The van der Waals surface area contributed by atoms with Crippen LogP contribution in [-0.4, -0.2) is 84.7 Å². The molecule has 3 rings (SSSR count). The standard InChI is InChI=1S/C21H30N6O3S/c1-3-26-12-14-27(15-13-26)11-10-22-18(28)8-9-19-24-25-21(31-19)20(29)23-16-4-6-17(30-2)7-5-16/h4-7H,3,8-15H2,1-2H3,(H,22,28)(H,23,29). The van der Waals surface area contributed by atoms with Crippen LogP contribution >= 0.6 is 11.3 Å². The Hall–Kier alpha value is -2.56. The Labute approximate surface area is 186 Å². The zero-order chi connectivity index (χ0) is 22.1. The molecular formula is C21H30N6O3S. The van der Waals surface area contributed by atoms with Gasteiger partial charge in [0.25, 0.3) is 5.91 Å². The number of methoxy groups -OCH3 is 1. The van der Waals surface area contributed by atoms with Crippen molar-refractivity contribution in [1.82, 2.24) is 25.3 Å². The predicted molar refractivity (Wildman–Crippen MR) is 121 cm³/mol. The molecule has 9 nitrogen and oxygen atoms in total. The van der Waals surface area contributed by atoms with E-state index in [1.54, 1.807) is 31.4 Å². The van der Waals surface area contributed by atoms with E-state index in [9.17, 15) is 9.59 Å². The number of benzene rings is 1. The molecule has 2 amide bonds. The summed E-state index contributed by atoms with van der Waals surface area (Å²) < 4.78 is 5.10. The van der Waals surface area contributed by atoms with Crippen LogP contribution in [0.15, 0.2) is 24.3 Å². The number of aromatic nitrogens is 2. The minimum absolute atomic E-state index is 0.00775. The molecule has 2 N–H and O–H groups in total. The number of nitrogens with one attached hydrogen (secondary N) is 2. The molecule has 2 heterocycles. The van der Waals surface area contributed by atoms with Crippen molar-refractivity contribution in [2.45, 2.75) is 19.8 Å². The number of ether oxygens (including phenoxy) is 1. The van der Waals surface area contributed by atoms with E-state index in [0.717, 1.165) is 39.3 Å². The summed E-state index contributed by atoms with van der Waals surface area (Å²) in [5, 5.41) is 14.7. The van der Waals surface area contributed by atoms with Gasteiger partial charge in [-0.3, -0.25) is 14.5 Å². The van der Waals surface area contributed by atoms with Gasteiger partial charge in [0.2, 0.25) is 10.9 Å². The highest BCUT2D eigenvalue weighted by molar-refractivity contribution is 7.13. The number of rotatable bonds is 10. The Balaban J connectivity index is 1.35. The average molecular weight is 447 g/mol. The van der Waals surface area contributed by atoms with Gasteiger partial charge in [-0.05, 0) is 30.8 Å². The van der Waals surface area contributed by atoms with Gasteiger partial charge in [-0.15, -0.1) is 10.2 Å². The molecule has 1 aromatic carbocycles. The second-order valence-electron chi connectivity index (χ2n) is 7.31. The number of carbonyl (C=O) groups is 2. The molecule has 1 fully saturated rings. The van der Waals surface area contributed by atoms with E-state index in [1.165, 1.54) is 11.3 Å². The maximum atomic E-state index is 12.3. The Morgan fingerprint density at radius 1 is 1.10 bits per heavy atom. The van der Waals surface area contributed by atoms with Gasteiger partial charge in [0.05, 0.1) is 7.11 Å². The average Bonchev–Trinajstić information content (AvgIpc) is 3.28. The first kappa shape index (κ1) is 23.1. The monoisotopic (exact) mass is 446 g/mol. The van der Waals surface area contributed by atoms with Crippen molar-refractivity contribution < 1.29 is 14.3 Å². The van der Waals surface area contributed by atoms with E-state index in [2.05, 4.69) is 37.6 Å².